The van der Waals surface area contributed by atoms with Crippen molar-refractivity contribution < 1.29 is 24.8 Å². The van der Waals surface area contributed by atoms with Gasteiger partial charge in [0.25, 0.3) is 0 Å². The third-order valence-electron chi connectivity index (χ3n) is 4.89. The minimum Gasteiger partial charge on any atom is -0.418 e. The second-order valence-corrected chi connectivity index (χ2v) is 13.7. The fraction of sp³-hybridized carbons (Fsp3) is 0.615. The van der Waals surface area contributed by atoms with Gasteiger partial charge >= 0.3 is 7.25 Å². The van der Waals surface area contributed by atoms with Gasteiger partial charge in [0.1, 0.15) is 0 Å². The van der Waals surface area contributed by atoms with E-state index < -0.39 is 7.25 Å². The molecule has 0 aromatic rings. The molecule has 2 aliphatic rings. The van der Waals surface area contributed by atoms with Crippen LogP contribution in [0.25, 0.3) is 0 Å². The Balaban J connectivity index is 0.00000118. The molecule has 34 heavy (non-hydrogen) atoms. The van der Waals surface area contributed by atoms with E-state index >= 15 is 0 Å². The van der Waals surface area contributed by atoms with Crippen LogP contribution in [0.3, 0.4) is 0 Å². The maximum atomic E-state index is 13.3. The van der Waals surface area contributed by atoms with Crippen molar-refractivity contribution in [3.05, 3.63) is 61.5 Å². The van der Waals surface area contributed by atoms with Gasteiger partial charge in [-0.25, -0.2) is 0 Å². The maximum absolute atomic E-state index is 13.3. The van der Waals surface area contributed by atoms with Crippen LogP contribution in [0.5, 0.6) is 0 Å². The normalized spacial score (nSPS) is 19.9. The summed E-state index contributed by atoms with van der Waals surface area (Å²) in [6, 6.07) is 0.803. The zero-order valence-electron chi connectivity index (χ0n) is 24.5. The molecule has 0 atom stereocenters. The number of thioether (sulfide) groups is 1. The monoisotopic (exact) mass is 503 g/mol. The van der Waals surface area contributed by atoms with E-state index in [0.717, 1.165) is 20.1 Å². The molecule has 0 aromatic carbocycles. The largest absolute Gasteiger partial charge is 0.673 e. The molecule has 2 heterocycles. The summed E-state index contributed by atoms with van der Waals surface area (Å²) in [5, 5.41) is 0. The fourth-order valence-corrected chi connectivity index (χ4v) is 4.13. The molecule has 0 bridgehead atoms. The molecular formula is C26H40BF4NOS. The standard InChI is InChI=1S/C26H40NOS.BF4/c1-23(2,3)19-13-17(14-20(27(19)28)24(4,5)6)18-15-21(25(7,8)9)29-22(16-18)26(10,11)12;2-1(3,4)5/h13-16H,1-12H3;/q+1;-1/i15D,16D;. The van der Waals surface area contributed by atoms with Crippen LogP contribution in [0.2, 0.25) is 0 Å². The van der Waals surface area contributed by atoms with Crippen LogP contribution in [-0.2, 0) is 0 Å². The Bertz CT molecular complexity index is 992. The minimum atomic E-state index is -6.00. The highest BCUT2D eigenvalue weighted by atomic mass is 32.2. The summed E-state index contributed by atoms with van der Waals surface area (Å²) in [6.45, 7) is 24.9. The molecule has 0 aliphatic carbocycles. The van der Waals surface area contributed by atoms with Gasteiger partial charge in [-0.1, -0.05) is 94.8 Å². The molecular weight excluding hydrogens is 461 g/mol. The summed E-state index contributed by atoms with van der Waals surface area (Å²) in [4.78, 5) is 15.2. The van der Waals surface area contributed by atoms with Gasteiger partial charge in [0.2, 0.25) is 11.4 Å². The molecule has 192 valence electrons. The smallest absolute Gasteiger partial charge is 0.418 e. The van der Waals surface area contributed by atoms with Crippen LogP contribution in [0, 0.1) is 26.6 Å². The third-order valence-corrected chi connectivity index (χ3v) is 6.73. The van der Waals surface area contributed by atoms with Gasteiger partial charge in [-0.3, -0.25) is 0 Å². The Morgan fingerprint density at radius 3 is 1.21 bits per heavy atom. The van der Waals surface area contributed by atoms with Gasteiger partial charge in [-0.05, 0) is 43.9 Å². The average molecular weight is 503 g/mol. The number of hydrogen-bond donors (Lipinski definition) is 0. The molecule has 0 radical (unpaired) electrons. The Hall–Kier alpha value is -1.57. The predicted molar refractivity (Wildman–Crippen MR) is 139 cm³/mol. The van der Waals surface area contributed by atoms with Crippen molar-refractivity contribution in [2.24, 2.45) is 21.7 Å². The third kappa shape index (κ3) is 8.90. The highest BCUT2D eigenvalue weighted by Gasteiger charge is 2.43. The van der Waals surface area contributed by atoms with Crippen LogP contribution in [0.4, 0.5) is 17.3 Å². The van der Waals surface area contributed by atoms with Gasteiger partial charge in [0.05, 0.1) is 18.3 Å². The second kappa shape index (κ2) is 9.83. The predicted octanol–water partition coefficient (Wildman–Crippen LogP) is 9.84. The molecule has 0 N–H and O–H groups in total. The van der Waals surface area contributed by atoms with Crippen LogP contribution < -0.4 is 0 Å². The summed E-state index contributed by atoms with van der Waals surface area (Å²) in [7, 11) is -6.00. The first-order chi connectivity index (χ1) is 15.7. The minimum absolute atomic E-state index is 0.211. The zero-order valence-corrected chi connectivity index (χ0v) is 23.3. The van der Waals surface area contributed by atoms with E-state index in [1.807, 2.05) is 53.7 Å². The quantitative estimate of drug-likeness (QED) is 0.186. The summed E-state index contributed by atoms with van der Waals surface area (Å²) in [5.74, 6) is 0. The summed E-state index contributed by atoms with van der Waals surface area (Å²) in [5.41, 5.74) is 1.60. The number of rotatable bonds is 0. The second-order valence-electron chi connectivity index (χ2n) is 12.7. The number of hydrogen-bond acceptors (Lipinski definition) is 2. The maximum Gasteiger partial charge on any atom is 0.673 e. The average Bonchev–Trinajstić information content (AvgIpc) is 2.57. The molecule has 0 saturated carbocycles. The number of allylic oxidation sites excluding steroid dienone is 10. The fourth-order valence-electron chi connectivity index (χ4n) is 3.01. The summed E-state index contributed by atoms with van der Waals surface area (Å²) < 4.78 is 58.2. The van der Waals surface area contributed by atoms with Crippen molar-refractivity contribution >= 4 is 19.0 Å². The van der Waals surface area contributed by atoms with Crippen LogP contribution in [0.15, 0.2) is 56.6 Å². The van der Waals surface area contributed by atoms with Crippen LogP contribution in [0.1, 0.15) is 85.8 Å². The van der Waals surface area contributed by atoms with Crippen molar-refractivity contribution in [1.82, 2.24) is 0 Å². The van der Waals surface area contributed by atoms with Gasteiger partial charge in [-0.2, -0.15) is 0 Å². The molecule has 0 aromatic heterocycles. The van der Waals surface area contributed by atoms with Crippen molar-refractivity contribution in [2.75, 3.05) is 0 Å². The van der Waals surface area contributed by atoms with Crippen molar-refractivity contribution in [1.29, 1.82) is 0 Å². The molecule has 8 heteroatoms. The highest BCUT2D eigenvalue weighted by molar-refractivity contribution is 8.06. The lowest BCUT2D eigenvalue weighted by Gasteiger charge is -2.32. The van der Waals surface area contributed by atoms with E-state index in [9.17, 15) is 22.2 Å². The molecule has 0 spiro atoms. The van der Waals surface area contributed by atoms with E-state index in [-0.39, 0.29) is 21.7 Å². The SMILES string of the molecule is F[B-](F)(F)F.[2H]C1=C(C(C)(C)C)SC(C(C)(C)C)=C([2H])C1=C1C=C(C(C)(C)C)[N+](=O)C(C(C)(C)C)=C1. The first kappa shape index (κ1) is 27.0. The molecule has 0 unspecified atom stereocenters. The summed E-state index contributed by atoms with van der Waals surface area (Å²) >= 11 is 1.58. The Morgan fingerprint density at radius 2 is 0.971 bits per heavy atom. The number of halogens is 4. The van der Waals surface area contributed by atoms with Crippen molar-refractivity contribution in [3.63, 3.8) is 0 Å². The van der Waals surface area contributed by atoms with Crippen LogP contribution >= 0.6 is 11.8 Å². The van der Waals surface area contributed by atoms with Gasteiger partial charge in [-0.15, -0.1) is 0 Å². The lowest BCUT2D eigenvalue weighted by Crippen LogP contribution is -2.29. The van der Waals surface area contributed by atoms with Gasteiger partial charge in [0, 0.05) is 17.1 Å². The Labute approximate surface area is 210 Å². The number of nitroso groups, excluding NO2 is 1. The van der Waals surface area contributed by atoms with E-state index in [2.05, 4.69) is 41.5 Å². The molecule has 2 nitrogen and oxygen atoms in total. The first-order valence-corrected chi connectivity index (χ1v) is 12.1. The lowest BCUT2D eigenvalue weighted by atomic mass is 9.82. The molecule has 2 rings (SSSR count). The topological polar surface area (TPSA) is 20.1 Å². The Kier molecular flexibility index (Phi) is 7.81. The van der Waals surface area contributed by atoms with Crippen LogP contribution in [-0.4, -0.2) is 12.0 Å². The number of nitrogens with zero attached hydrogens (tertiary/aromatic N) is 1. The first-order valence-electron chi connectivity index (χ1n) is 12.3. The van der Waals surface area contributed by atoms with Gasteiger partial charge < -0.3 is 17.3 Å². The molecule has 0 amide bonds. The van der Waals surface area contributed by atoms with Crippen molar-refractivity contribution in [2.45, 2.75) is 83.1 Å². The van der Waals surface area contributed by atoms with Crippen molar-refractivity contribution in [3.8, 4) is 0 Å². The van der Waals surface area contributed by atoms with E-state index in [1.54, 1.807) is 11.8 Å². The summed E-state index contributed by atoms with van der Waals surface area (Å²) in [6.07, 6.45) is 3.80. The lowest BCUT2D eigenvalue weighted by molar-refractivity contribution is -0.473. The molecule has 0 saturated heterocycles. The van der Waals surface area contributed by atoms with E-state index in [4.69, 9.17) is 2.74 Å². The highest BCUT2D eigenvalue weighted by Crippen LogP contribution is 2.50. The molecule has 0 fully saturated rings. The van der Waals surface area contributed by atoms with Gasteiger partial charge in [0.15, 0.2) is 0 Å². The molecule has 2 aliphatic heterocycles. The van der Waals surface area contributed by atoms with E-state index in [1.165, 1.54) is 0 Å². The Morgan fingerprint density at radius 1 is 0.676 bits per heavy atom. The zero-order chi connectivity index (χ0) is 28.8. The van der Waals surface area contributed by atoms with E-state index in [0.29, 0.717) is 29.1 Å².